The molecule has 0 aliphatic heterocycles. The average Bonchev–Trinajstić information content (AvgIpc) is 2.16. The molecule has 1 aromatic rings. The molecular weight excluding hydrogens is 217 g/mol. The first-order chi connectivity index (χ1) is 6.61. The molecule has 0 saturated heterocycles. The summed E-state index contributed by atoms with van der Waals surface area (Å²) in [4.78, 5) is 3.10. The maximum Gasteiger partial charge on any atom is 0.266 e. The molecule has 0 aliphatic rings. The molecule has 1 aromatic heterocycles. The smallest absolute Gasteiger partial charge is 0.227 e. The van der Waals surface area contributed by atoms with Crippen molar-refractivity contribution in [2.24, 2.45) is 0 Å². The van der Waals surface area contributed by atoms with Gasteiger partial charge in [-0.15, -0.1) is 11.6 Å². The molecule has 0 aromatic carbocycles. The lowest BCUT2D eigenvalue weighted by atomic mass is 10.1. The van der Waals surface area contributed by atoms with Crippen LogP contribution in [0.3, 0.4) is 0 Å². The van der Waals surface area contributed by atoms with Gasteiger partial charge >= 0.3 is 0 Å². The van der Waals surface area contributed by atoms with Crippen molar-refractivity contribution in [3.8, 4) is 6.07 Å². The zero-order valence-electron chi connectivity index (χ0n) is 6.77. The van der Waals surface area contributed by atoms with Crippen molar-refractivity contribution in [2.75, 3.05) is 0 Å². The molecule has 0 N–H and O–H groups in total. The third-order valence-corrected chi connectivity index (χ3v) is 1.90. The highest BCUT2D eigenvalue weighted by Crippen LogP contribution is 2.26. The first-order valence-corrected chi connectivity index (χ1v) is 4.06. The topological polar surface area (TPSA) is 36.7 Å². The van der Waals surface area contributed by atoms with Crippen molar-refractivity contribution in [1.29, 1.82) is 5.26 Å². The summed E-state index contributed by atoms with van der Waals surface area (Å²) in [6.07, 6.45) is -2.21. The van der Waals surface area contributed by atoms with Crippen LogP contribution in [0, 0.1) is 17.3 Å². The summed E-state index contributed by atoms with van der Waals surface area (Å²) in [5, 5.41) is 8.57. The molecule has 0 amide bonds. The maximum absolute atomic E-state index is 12.9. The van der Waals surface area contributed by atoms with E-state index < -0.39 is 23.5 Å². The highest BCUT2D eigenvalue weighted by Gasteiger charge is 2.19. The Morgan fingerprint density at radius 2 is 2.21 bits per heavy atom. The quantitative estimate of drug-likeness (QED) is 0.568. The molecule has 14 heavy (non-hydrogen) atoms. The zero-order valence-corrected chi connectivity index (χ0v) is 7.52. The van der Waals surface area contributed by atoms with E-state index in [1.54, 1.807) is 0 Å². The zero-order chi connectivity index (χ0) is 10.7. The van der Waals surface area contributed by atoms with Gasteiger partial charge in [-0.2, -0.15) is 9.65 Å². The van der Waals surface area contributed by atoms with Gasteiger partial charge in [-0.25, -0.2) is 13.8 Å². The minimum Gasteiger partial charge on any atom is -0.227 e. The lowest BCUT2D eigenvalue weighted by Gasteiger charge is -2.06. The SMILES string of the molecule is N#Cc1c(C(F)F)cnc(F)c1CCl. The van der Waals surface area contributed by atoms with Crippen LogP contribution >= 0.6 is 11.6 Å². The van der Waals surface area contributed by atoms with E-state index >= 15 is 0 Å². The molecule has 0 aliphatic carbocycles. The summed E-state index contributed by atoms with van der Waals surface area (Å²) in [5.41, 5.74) is -1.31. The molecule has 2 nitrogen and oxygen atoms in total. The summed E-state index contributed by atoms with van der Waals surface area (Å²) < 4.78 is 37.5. The van der Waals surface area contributed by atoms with E-state index in [0.717, 1.165) is 0 Å². The molecule has 0 spiro atoms. The fourth-order valence-electron chi connectivity index (χ4n) is 0.965. The number of aromatic nitrogens is 1. The van der Waals surface area contributed by atoms with Crippen LogP contribution in [0.25, 0.3) is 0 Å². The fraction of sp³-hybridized carbons (Fsp3) is 0.250. The Morgan fingerprint density at radius 3 is 2.64 bits per heavy atom. The van der Waals surface area contributed by atoms with Gasteiger partial charge in [0.15, 0.2) is 0 Å². The molecule has 0 bridgehead atoms. The largest absolute Gasteiger partial charge is 0.266 e. The highest BCUT2D eigenvalue weighted by molar-refractivity contribution is 6.17. The van der Waals surface area contributed by atoms with Gasteiger partial charge in [0.05, 0.1) is 17.0 Å². The minimum atomic E-state index is -2.86. The summed E-state index contributed by atoms with van der Waals surface area (Å²) in [6.45, 7) is 0. The Kier molecular flexibility index (Phi) is 3.31. The molecule has 0 saturated carbocycles. The van der Waals surface area contributed by atoms with Crippen molar-refractivity contribution in [3.63, 3.8) is 0 Å². The van der Waals surface area contributed by atoms with Crippen LogP contribution in [0.5, 0.6) is 0 Å². The highest BCUT2D eigenvalue weighted by atomic mass is 35.5. The third kappa shape index (κ3) is 1.80. The summed E-state index contributed by atoms with van der Waals surface area (Å²) in [6, 6.07) is 1.49. The second kappa shape index (κ2) is 4.29. The van der Waals surface area contributed by atoms with Crippen LogP contribution < -0.4 is 0 Å². The summed E-state index contributed by atoms with van der Waals surface area (Å²) >= 11 is 5.32. The number of halogens is 4. The Labute approximate surface area is 82.9 Å². The van der Waals surface area contributed by atoms with Gasteiger partial charge in [0, 0.05) is 11.8 Å². The Bertz CT molecular complexity index is 387. The second-order valence-electron chi connectivity index (χ2n) is 2.40. The number of alkyl halides is 3. The maximum atomic E-state index is 12.9. The van der Waals surface area contributed by atoms with Crippen LogP contribution in [0.1, 0.15) is 23.1 Å². The molecule has 74 valence electrons. The first kappa shape index (κ1) is 10.8. The number of hydrogen-bond acceptors (Lipinski definition) is 2. The molecular formula is C8H4ClF3N2. The number of pyridine rings is 1. The molecule has 1 rings (SSSR count). The Balaban J connectivity index is 3.43. The molecule has 1 heterocycles. The molecule has 0 unspecified atom stereocenters. The van der Waals surface area contributed by atoms with Gasteiger partial charge in [0.1, 0.15) is 6.07 Å². The summed E-state index contributed by atoms with van der Waals surface area (Å²) in [7, 11) is 0. The normalized spacial score (nSPS) is 10.3. The number of nitrogens with zero attached hydrogens (tertiary/aromatic N) is 2. The monoisotopic (exact) mass is 220 g/mol. The minimum absolute atomic E-state index is 0.285. The van der Waals surface area contributed by atoms with Gasteiger partial charge in [0.25, 0.3) is 6.43 Å². The standard InChI is InChI=1S/C8H4ClF3N2/c9-1-4-5(2-13)6(7(10)11)3-14-8(4)12/h3,7H,1H2. The molecule has 0 radical (unpaired) electrons. The van der Waals surface area contributed by atoms with Gasteiger partial charge in [-0.1, -0.05) is 0 Å². The van der Waals surface area contributed by atoms with Crippen LogP contribution in [-0.2, 0) is 5.88 Å². The van der Waals surface area contributed by atoms with Crippen molar-refractivity contribution in [3.05, 3.63) is 28.8 Å². The lowest BCUT2D eigenvalue weighted by molar-refractivity contribution is 0.150. The molecule has 0 atom stereocenters. The summed E-state index contributed by atoms with van der Waals surface area (Å²) in [5.74, 6) is -1.34. The Hall–Kier alpha value is -1.28. The second-order valence-corrected chi connectivity index (χ2v) is 2.67. The predicted octanol–water partition coefficient (Wildman–Crippen LogP) is 2.77. The van der Waals surface area contributed by atoms with E-state index in [1.165, 1.54) is 6.07 Å². The number of nitriles is 1. The van der Waals surface area contributed by atoms with E-state index in [9.17, 15) is 13.2 Å². The van der Waals surface area contributed by atoms with Crippen molar-refractivity contribution in [1.82, 2.24) is 4.98 Å². The van der Waals surface area contributed by atoms with E-state index in [1.807, 2.05) is 0 Å². The number of hydrogen-bond donors (Lipinski definition) is 0. The van der Waals surface area contributed by atoms with Gasteiger partial charge in [-0.05, 0) is 0 Å². The third-order valence-electron chi connectivity index (χ3n) is 1.64. The van der Waals surface area contributed by atoms with Gasteiger partial charge < -0.3 is 0 Å². The fourth-order valence-corrected chi connectivity index (χ4v) is 1.21. The van der Waals surface area contributed by atoms with Gasteiger partial charge in [0.2, 0.25) is 5.95 Å². The molecule has 0 fully saturated rings. The van der Waals surface area contributed by atoms with E-state index in [2.05, 4.69) is 4.98 Å². The van der Waals surface area contributed by atoms with E-state index in [4.69, 9.17) is 16.9 Å². The first-order valence-electron chi connectivity index (χ1n) is 3.53. The van der Waals surface area contributed by atoms with Gasteiger partial charge in [-0.3, -0.25) is 0 Å². The van der Waals surface area contributed by atoms with Crippen molar-refractivity contribution < 1.29 is 13.2 Å². The average molecular weight is 221 g/mol. The Morgan fingerprint density at radius 1 is 1.57 bits per heavy atom. The molecule has 6 heteroatoms. The van der Waals surface area contributed by atoms with Crippen molar-refractivity contribution >= 4 is 11.6 Å². The van der Waals surface area contributed by atoms with Crippen LogP contribution in [0.2, 0.25) is 0 Å². The lowest BCUT2D eigenvalue weighted by Crippen LogP contribution is -2.01. The van der Waals surface area contributed by atoms with Crippen LogP contribution in [-0.4, -0.2) is 4.98 Å². The van der Waals surface area contributed by atoms with Crippen LogP contribution in [0.15, 0.2) is 6.20 Å². The van der Waals surface area contributed by atoms with Crippen molar-refractivity contribution in [2.45, 2.75) is 12.3 Å². The predicted molar refractivity (Wildman–Crippen MR) is 43.4 cm³/mol. The van der Waals surface area contributed by atoms with E-state index in [-0.39, 0.29) is 11.4 Å². The number of rotatable bonds is 2. The van der Waals surface area contributed by atoms with Crippen LogP contribution in [0.4, 0.5) is 13.2 Å². The van der Waals surface area contributed by atoms with E-state index in [0.29, 0.717) is 6.20 Å².